The van der Waals surface area contributed by atoms with Gasteiger partial charge in [0.15, 0.2) is 0 Å². The third-order valence-corrected chi connectivity index (χ3v) is 11.9. The predicted molar refractivity (Wildman–Crippen MR) is 249 cm³/mol. The van der Waals surface area contributed by atoms with Gasteiger partial charge in [0.05, 0.1) is 27.8 Å². The molecule has 2 aromatic heterocycles. The summed E-state index contributed by atoms with van der Waals surface area (Å²) in [6.07, 6.45) is 0. The number of furan rings is 1. The Balaban J connectivity index is 1.18. The van der Waals surface area contributed by atoms with Crippen molar-refractivity contribution in [2.75, 3.05) is 4.90 Å². The van der Waals surface area contributed by atoms with E-state index in [4.69, 9.17) is 4.42 Å². The Labute approximate surface area is 341 Å². The van der Waals surface area contributed by atoms with Gasteiger partial charge in [-0.1, -0.05) is 152 Å². The number of nitrogens with zero attached hydrogens (tertiary/aromatic N) is 2. The van der Waals surface area contributed by atoms with Crippen LogP contribution in [0, 0.1) is 0 Å². The van der Waals surface area contributed by atoms with Crippen LogP contribution in [0.4, 0.5) is 17.1 Å². The maximum Gasteiger partial charge on any atom is 0.138 e. The molecule has 0 aliphatic rings. The largest absolute Gasteiger partial charge is 0.456 e. The van der Waals surface area contributed by atoms with Gasteiger partial charge in [-0.15, -0.1) is 0 Å². The quantitative estimate of drug-likeness (QED) is 0.169. The van der Waals surface area contributed by atoms with Crippen molar-refractivity contribution in [3.05, 3.63) is 218 Å². The van der Waals surface area contributed by atoms with Gasteiger partial charge >= 0.3 is 0 Å². The summed E-state index contributed by atoms with van der Waals surface area (Å²) in [6, 6.07) is 78.8. The number of hydrogen-bond donors (Lipinski definition) is 0. The summed E-state index contributed by atoms with van der Waals surface area (Å²) in [4.78, 5) is 2.49. The van der Waals surface area contributed by atoms with Crippen LogP contribution in [0.2, 0.25) is 0 Å². The van der Waals surface area contributed by atoms with Gasteiger partial charge in [-0.3, -0.25) is 0 Å². The van der Waals surface area contributed by atoms with E-state index in [1.54, 1.807) is 0 Å². The third-order valence-electron chi connectivity index (χ3n) is 11.9. The van der Waals surface area contributed by atoms with Crippen LogP contribution in [0.3, 0.4) is 0 Å². The average Bonchev–Trinajstić information content (AvgIpc) is 3.84. The Morgan fingerprint density at radius 3 is 1.75 bits per heavy atom. The van der Waals surface area contributed by atoms with Crippen molar-refractivity contribution in [1.29, 1.82) is 0 Å². The molecule has 10 aromatic carbocycles. The van der Waals surface area contributed by atoms with E-state index in [2.05, 4.69) is 228 Å². The lowest BCUT2D eigenvalue weighted by atomic mass is 9.97. The minimum Gasteiger partial charge on any atom is -0.456 e. The van der Waals surface area contributed by atoms with Crippen molar-refractivity contribution >= 4 is 82.4 Å². The summed E-state index contributed by atoms with van der Waals surface area (Å²) < 4.78 is 9.11. The van der Waals surface area contributed by atoms with Gasteiger partial charge < -0.3 is 13.9 Å². The summed E-state index contributed by atoms with van der Waals surface area (Å²) >= 11 is 0. The number of para-hydroxylation sites is 2. The second-order valence-electron chi connectivity index (χ2n) is 15.3. The molecule has 3 nitrogen and oxygen atoms in total. The fourth-order valence-electron chi connectivity index (χ4n) is 9.23. The van der Waals surface area contributed by atoms with Crippen LogP contribution in [0.1, 0.15) is 0 Å². The summed E-state index contributed by atoms with van der Waals surface area (Å²) in [5.41, 5.74) is 13.2. The van der Waals surface area contributed by atoms with E-state index in [-0.39, 0.29) is 0 Å². The van der Waals surface area contributed by atoms with Crippen molar-refractivity contribution in [2.24, 2.45) is 0 Å². The second-order valence-corrected chi connectivity index (χ2v) is 15.3. The minimum absolute atomic E-state index is 0.865. The molecule has 3 heteroatoms. The van der Waals surface area contributed by atoms with Crippen LogP contribution in [-0.4, -0.2) is 4.57 Å². The molecule has 2 heterocycles. The van der Waals surface area contributed by atoms with Crippen molar-refractivity contribution < 1.29 is 4.42 Å². The lowest BCUT2D eigenvalue weighted by molar-refractivity contribution is 0.669. The molecule has 0 fully saturated rings. The first kappa shape index (κ1) is 33.3. The van der Waals surface area contributed by atoms with E-state index in [1.165, 1.54) is 43.8 Å². The van der Waals surface area contributed by atoms with E-state index in [9.17, 15) is 0 Å². The summed E-state index contributed by atoms with van der Waals surface area (Å²) in [6.45, 7) is 0. The number of rotatable bonds is 6. The first-order valence-electron chi connectivity index (χ1n) is 20.2. The molecule has 0 N–H and O–H groups in total. The van der Waals surface area contributed by atoms with E-state index >= 15 is 0 Å². The monoisotopic (exact) mass is 752 g/mol. The SMILES string of the molecule is c1ccc(-c2cccc(-c3ccc(N(c4c5ccccc5cc5oc6ccccc6c45)c4cccc5c4c4cc6ccccc6cc4n5-c4ccccc4)cc3)c2)cc1. The van der Waals surface area contributed by atoms with Crippen molar-refractivity contribution in [2.45, 2.75) is 0 Å². The molecule has 0 atom stereocenters. The Morgan fingerprint density at radius 2 is 0.966 bits per heavy atom. The van der Waals surface area contributed by atoms with E-state index in [0.29, 0.717) is 0 Å². The summed E-state index contributed by atoms with van der Waals surface area (Å²) in [5.74, 6) is 0. The van der Waals surface area contributed by atoms with Crippen LogP contribution in [-0.2, 0) is 0 Å². The van der Waals surface area contributed by atoms with Gasteiger partial charge in [0.25, 0.3) is 0 Å². The Bertz CT molecular complexity index is 3540. The van der Waals surface area contributed by atoms with Gasteiger partial charge in [-0.2, -0.15) is 0 Å². The van der Waals surface area contributed by atoms with Crippen LogP contribution < -0.4 is 4.90 Å². The number of aromatic nitrogens is 1. The highest BCUT2D eigenvalue weighted by Crippen LogP contribution is 2.50. The van der Waals surface area contributed by atoms with E-state index < -0.39 is 0 Å². The third kappa shape index (κ3) is 5.36. The minimum atomic E-state index is 0.865. The summed E-state index contributed by atoms with van der Waals surface area (Å²) in [7, 11) is 0. The lowest BCUT2D eigenvalue weighted by Gasteiger charge is -2.29. The molecular formula is C56H36N2O. The normalized spacial score (nSPS) is 11.7. The highest BCUT2D eigenvalue weighted by atomic mass is 16.3. The van der Waals surface area contributed by atoms with Gasteiger partial charge in [0.2, 0.25) is 0 Å². The topological polar surface area (TPSA) is 21.3 Å². The molecule has 0 unspecified atom stereocenters. The van der Waals surface area contributed by atoms with Gasteiger partial charge in [-0.05, 0) is 105 Å². The van der Waals surface area contributed by atoms with E-state index in [0.717, 1.165) is 66.5 Å². The van der Waals surface area contributed by atoms with Crippen LogP contribution >= 0.6 is 0 Å². The highest BCUT2D eigenvalue weighted by molar-refractivity contribution is 6.25. The van der Waals surface area contributed by atoms with Crippen molar-refractivity contribution in [3.63, 3.8) is 0 Å². The van der Waals surface area contributed by atoms with Gasteiger partial charge in [0, 0.05) is 32.9 Å². The molecule has 0 saturated heterocycles. The average molecular weight is 753 g/mol. The fourth-order valence-corrected chi connectivity index (χ4v) is 9.23. The fraction of sp³-hybridized carbons (Fsp3) is 0. The van der Waals surface area contributed by atoms with Crippen LogP contribution in [0.5, 0.6) is 0 Å². The molecule has 0 spiro atoms. The molecule has 0 bridgehead atoms. The van der Waals surface area contributed by atoms with Gasteiger partial charge in [-0.25, -0.2) is 0 Å². The number of anilines is 3. The maximum absolute atomic E-state index is 6.68. The molecule has 0 saturated carbocycles. The first-order valence-corrected chi connectivity index (χ1v) is 20.2. The molecule has 59 heavy (non-hydrogen) atoms. The Kier molecular flexibility index (Phi) is 7.54. The van der Waals surface area contributed by atoms with Crippen LogP contribution in [0.15, 0.2) is 223 Å². The molecule has 0 radical (unpaired) electrons. The number of hydrogen-bond acceptors (Lipinski definition) is 2. The standard InChI is InChI=1S/C56H36N2O/c1-3-15-37(16-4-1)39-20-13-21-40(33-39)38-29-31-45(32-30-38)58(56-46-24-10-9-19-43(46)36-53-55(56)47-25-11-12-28-52(47)59-53)50-27-14-26-49-54(50)48-34-41-17-7-8-18-42(41)35-51(48)57(49)44-22-5-2-6-23-44/h1-36H. The Hall–Kier alpha value is -7.88. The number of benzene rings is 10. The zero-order valence-corrected chi connectivity index (χ0v) is 32.1. The zero-order chi connectivity index (χ0) is 38.9. The lowest BCUT2D eigenvalue weighted by Crippen LogP contribution is -2.11. The number of fused-ring (bicyclic) bond motifs is 8. The van der Waals surface area contributed by atoms with E-state index in [1.807, 2.05) is 0 Å². The predicted octanol–water partition coefficient (Wildman–Crippen LogP) is 15.8. The molecule has 276 valence electrons. The molecule has 0 aliphatic heterocycles. The smallest absolute Gasteiger partial charge is 0.138 e. The summed E-state index contributed by atoms with van der Waals surface area (Å²) in [5, 5.41) is 9.27. The molecule has 12 rings (SSSR count). The highest BCUT2D eigenvalue weighted by Gasteiger charge is 2.26. The zero-order valence-electron chi connectivity index (χ0n) is 32.1. The molecular weight excluding hydrogens is 717 g/mol. The van der Waals surface area contributed by atoms with Crippen molar-refractivity contribution in [3.8, 4) is 27.9 Å². The Morgan fingerprint density at radius 1 is 0.356 bits per heavy atom. The van der Waals surface area contributed by atoms with Gasteiger partial charge in [0.1, 0.15) is 11.2 Å². The maximum atomic E-state index is 6.68. The van der Waals surface area contributed by atoms with Crippen molar-refractivity contribution in [1.82, 2.24) is 4.57 Å². The molecule has 0 amide bonds. The molecule has 0 aliphatic carbocycles. The first-order chi connectivity index (χ1) is 29.3. The second kappa shape index (κ2) is 13.4. The molecule has 12 aromatic rings. The van der Waals surface area contributed by atoms with Crippen LogP contribution in [0.25, 0.3) is 93.2 Å².